The van der Waals surface area contributed by atoms with Crippen molar-refractivity contribution in [3.8, 4) is 0 Å². The summed E-state index contributed by atoms with van der Waals surface area (Å²) in [5.74, 6) is 0. The first kappa shape index (κ1) is 37.7. The second-order valence-electron chi connectivity index (χ2n) is 9.13. The van der Waals surface area contributed by atoms with E-state index in [2.05, 4.69) is 24.5 Å². The van der Waals surface area contributed by atoms with E-state index in [1.807, 2.05) is 0 Å². The van der Waals surface area contributed by atoms with Crippen molar-refractivity contribution >= 4 is 0 Å². The highest BCUT2D eigenvalue weighted by Crippen LogP contribution is 2.06. The standard InChI is InChI=1S/2C12H27NO5/c2*1-2-3-4-5-6-13-7-9(15)11(17)12(18)10(16)8-14/h2*9-18H,2-8H2,1H3/t9-,10+,11+,12+;/m0./s1. The van der Waals surface area contributed by atoms with Crippen molar-refractivity contribution in [3.63, 3.8) is 0 Å². The molecule has 0 aliphatic heterocycles. The second-order valence-corrected chi connectivity index (χ2v) is 9.13. The lowest BCUT2D eigenvalue weighted by molar-refractivity contribution is -0.113. The molecule has 0 heterocycles. The molecule has 0 aromatic carbocycles. The molecule has 0 saturated heterocycles. The van der Waals surface area contributed by atoms with Gasteiger partial charge in [0.2, 0.25) is 0 Å². The molecule has 4 unspecified atom stereocenters. The Bertz CT molecular complexity index is 427. The molecule has 12 nitrogen and oxygen atoms in total. The van der Waals surface area contributed by atoms with Gasteiger partial charge in [-0.3, -0.25) is 0 Å². The van der Waals surface area contributed by atoms with Crippen LogP contribution in [-0.4, -0.2) is 139 Å². The topological polar surface area (TPSA) is 226 Å². The van der Waals surface area contributed by atoms with Crippen molar-refractivity contribution in [2.24, 2.45) is 0 Å². The van der Waals surface area contributed by atoms with E-state index in [0.29, 0.717) is 0 Å². The maximum atomic E-state index is 9.57. The molecule has 36 heavy (non-hydrogen) atoms. The number of rotatable bonds is 22. The van der Waals surface area contributed by atoms with Crippen molar-refractivity contribution in [2.45, 2.75) is 114 Å². The van der Waals surface area contributed by atoms with E-state index >= 15 is 0 Å². The maximum absolute atomic E-state index is 9.57. The molecule has 12 N–H and O–H groups in total. The van der Waals surface area contributed by atoms with Gasteiger partial charge in [-0.1, -0.05) is 52.4 Å². The molecule has 0 aromatic heterocycles. The summed E-state index contributed by atoms with van der Waals surface area (Å²) >= 11 is 0. The Hall–Kier alpha value is -0.480. The summed E-state index contributed by atoms with van der Waals surface area (Å²) in [7, 11) is 0. The monoisotopic (exact) mass is 530 g/mol. The van der Waals surface area contributed by atoms with Crippen LogP contribution in [0.1, 0.15) is 65.2 Å². The minimum absolute atomic E-state index is 0.141. The van der Waals surface area contributed by atoms with E-state index in [1.54, 1.807) is 0 Å². The molecular weight excluding hydrogens is 476 g/mol. The van der Waals surface area contributed by atoms with Gasteiger partial charge < -0.3 is 61.7 Å². The molecule has 0 radical (unpaired) electrons. The fourth-order valence-corrected chi connectivity index (χ4v) is 3.22. The molecule has 0 saturated carbocycles. The average Bonchev–Trinajstić information content (AvgIpc) is 2.89. The summed E-state index contributed by atoms with van der Waals surface area (Å²) in [5.41, 5.74) is 0. The molecule has 0 bridgehead atoms. The first-order valence-electron chi connectivity index (χ1n) is 13.2. The number of aliphatic hydroxyl groups excluding tert-OH is 10. The Balaban J connectivity index is 0. The Morgan fingerprint density at radius 2 is 0.750 bits per heavy atom. The second kappa shape index (κ2) is 24.8. The highest BCUT2D eigenvalue weighted by molar-refractivity contribution is 4.82. The molecule has 0 aliphatic carbocycles. The van der Waals surface area contributed by atoms with E-state index in [0.717, 1.165) is 51.6 Å². The van der Waals surface area contributed by atoms with E-state index < -0.39 is 62.0 Å². The lowest BCUT2D eigenvalue weighted by atomic mass is 10.0. The van der Waals surface area contributed by atoms with E-state index in [-0.39, 0.29) is 13.1 Å². The number of nitrogens with one attached hydrogen (secondary N) is 2. The third kappa shape index (κ3) is 18.7. The van der Waals surface area contributed by atoms with Crippen molar-refractivity contribution in [3.05, 3.63) is 0 Å². The third-order valence-electron chi connectivity index (χ3n) is 5.77. The summed E-state index contributed by atoms with van der Waals surface area (Å²) < 4.78 is 0. The molecule has 0 fully saturated rings. The predicted octanol–water partition coefficient (Wildman–Crippen LogP) is -2.82. The Kier molecular flexibility index (Phi) is 26.0. The molecule has 0 rings (SSSR count). The van der Waals surface area contributed by atoms with Gasteiger partial charge in [0.05, 0.1) is 25.4 Å². The van der Waals surface area contributed by atoms with Crippen LogP contribution in [0.15, 0.2) is 0 Å². The zero-order valence-electron chi connectivity index (χ0n) is 22.0. The minimum Gasteiger partial charge on any atom is -0.394 e. The van der Waals surface area contributed by atoms with Crippen LogP contribution in [0.4, 0.5) is 0 Å². The lowest BCUT2D eigenvalue weighted by Crippen LogP contribution is -2.49. The predicted molar refractivity (Wildman–Crippen MR) is 136 cm³/mol. The van der Waals surface area contributed by atoms with Gasteiger partial charge in [-0.05, 0) is 25.9 Å². The van der Waals surface area contributed by atoms with Gasteiger partial charge in [0.15, 0.2) is 0 Å². The van der Waals surface area contributed by atoms with Gasteiger partial charge in [0.1, 0.15) is 36.6 Å². The van der Waals surface area contributed by atoms with Crippen molar-refractivity contribution in [1.82, 2.24) is 10.6 Å². The van der Waals surface area contributed by atoms with E-state index in [4.69, 9.17) is 20.4 Å². The summed E-state index contributed by atoms with van der Waals surface area (Å²) in [6, 6.07) is 0. The smallest absolute Gasteiger partial charge is 0.111 e. The summed E-state index contributed by atoms with van der Waals surface area (Å²) in [4.78, 5) is 0. The van der Waals surface area contributed by atoms with Crippen LogP contribution < -0.4 is 10.6 Å². The number of aliphatic hydroxyl groups is 10. The maximum Gasteiger partial charge on any atom is 0.111 e. The van der Waals surface area contributed by atoms with Gasteiger partial charge in [0, 0.05) is 13.1 Å². The summed E-state index contributed by atoms with van der Waals surface area (Å²) in [6.45, 7) is 4.70. The van der Waals surface area contributed by atoms with Crippen LogP contribution >= 0.6 is 0 Å². The van der Waals surface area contributed by atoms with Crippen molar-refractivity contribution in [1.29, 1.82) is 0 Å². The lowest BCUT2D eigenvalue weighted by Gasteiger charge is -2.25. The largest absolute Gasteiger partial charge is 0.394 e. The normalized spacial score (nSPS) is 18.3. The van der Waals surface area contributed by atoms with Gasteiger partial charge >= 0.3 is 0 Å². The first-order chi connectivity index (χ1) is 17.1. The Morgan fingerprint density at radius 3 is 1.03 bits per heavy atom. The summed E-state index contributed by atoms with van der Waals surface area (Å²) in [6.07, 6.45) is -2.39. The molecule has 8 atom stereocenters. The van der Waals surface area contributed by atoms with Gasteiger partial charge in [-0.25, -0.2) is 0 Å². The molecule has 0 amide bonds. The molecular formula is C24H54N2O10. The van der Waals surface area contributed by atoms with Gasteiger partial charge in [-0.2, -0.15) is 0 Å². The van der Waals surface area contributed by atoms with Crippen molar-refractivity contribution < 1.29 is 51.1 Å². The Morgan fingerprint density at radius 1 is 0.444 bits per heavy atom. The molecule has 0 aromatic rings. The zero-order chi connectivity index (χ0) is 27.9. The van der Waals surface area contributed by atoms with Crippen LogP contribution in [0, 0.1) is 0 Å². The zero-order valence-corrected chi connectivity index (χ0v) is 22.0. The average molecular weight is 531 g/mol. The summed E-state index contributed by atoms with van der Waals surface area (Å²) in [5, 5.41) is 98.4. The molecule has 12 heteroatoms. The SMILES string of the molecule is CCCCCCNCC(O)C(O)C(O)C(O)CO.CCCCCCNC[C@H](O)[C@@H](O)[C@H](O)[C@H](O)CO. The quantitative estimate of drug-likeness (QED) is 0.0637. The highest BCUT2D eigenvalue weighted by Gasteiger charge is 2.30. The molecule has 220 valence electrons. The fraction of sp³-hybridized carbons (Fsp3) is 1.00. The third-order valence-corrected chi connectivity index (χ3v) is 5.77. The van der Waals surface area contributed by atoms with Crippen molar-refractivity contribution in [2.75, 3.05) is 39.4 Å². The number of hydrogen-bond donors (Lipinski definition) is 12. The van der Waals surface area contributed by atoms with Crippen LogP contribution in [-0.2, 0) is 0 Å². The van der Waals surface area contributed by atoms with Gasteiger partial charge in [-0.15, -0.1) is 0 Å². The molecule has 0 spiro atoms. The van der Waals surface area contributed by atoms with Crippen LogP contribution in [0.25, 0.3) is 0 Å². The molecule has 0 aliphatic rings. The van der Waals surface area contributed by atoms with Crippen LogP contribution in [0.3, 0.4) is 0 Å². The fourth-order valence-electron chi connectivity index (χ4n) is 3.22. The minimum atomic E-state index is -1.55. The van der Waals surface area contributed by atoms with E-state index in [9.17, 15) is 30.6 Å². The van der Waals surface area contributed by atoms with Crippen LogP contribution in [0.2, 0.25) is 0 Å². The highest BCUT2D eigenvalue weighted by atomic mass is 16.4. The first-order valence-corrected chi connectivity index (χ1v) is 13.2. The number of hydrogen-bond acceptors (Lipinski definition) is 12. The van der Waals surface area contributed by atoms with Gasteiger partial charge in [0.25, 0.3) is 0 Å². The Labute approximate surface area is 215 Å². The number of unbranched alkanes of at least 4 members (excludes halogenated alkanes) is 6. The van der Waals surface area contributed by atoms with E-state index in [1.165, 1.54) is 12.8 Å². The van der Waals surface area contributed by atoms with Crippen LogP contribution in [0.5, 0.6) is 0 Å².